The maximum atomic E-state index is 10.2. The van der Waals surface area contributed by atoms with E-state index >= 15 is 0 Å². The summed E-state index contributed by atoms with van der Waals surface area (Å²) in [6.07, 6.45) is 1.81. The van der Waals surface area contributed by atoms with Crippen LogP contribution >= 0.6 is 0 Å². The number of rotatable bonds is 10. The molecule has 2 atom stereocenters. The molecule has 0 saturated carbocycles. The fraction of sp³-hybridized carbons (Fsp3) is 0.667. The van der Waals surface area contributed by atoms with Crippen LogP contribution in [0.15, 0.2) is 9.98 Å². The molecular formula is C12H27N8O4-. The van der Waals surface area contributed by atoms with Crippen LogP contribution in [0.2, 0.25) is 0 Å². The van der Waals surface area contributed by atoms with Gasteiger partial charge in [-0.25, -0.2) is 0 Å². The Balaban J connectivity index is 0. The highest BCUT2D eigenvalue weighted by molar-refractivity contribution is 5.76. The molecule has 0 aromatic carbocycles. The molecule has 24 heavy (non-hydrogen) atoms. The predicted molar refractivity (Wildman–Crippen MR) is 88.4 cm³/mol. The van der Waals surface area contributed by atoms with Gasteiger partial charge in [0.2, 0.25) is 0 Å². The van der Waals surface area contributed by atoms with Gasteiger partial charge in [0, 0.05) is 19.1 Å². The van der Waals surface area contributed by atoms with Gasteiger partial charge in [-0.15, -0.1) is 0 Å². The van der Waals surface area contributed by atoms with Crippen LogP contribution in [0.4, 0.5) is 0 Å². The molecule has 0 radical (unpaired) electrons. The van der Waals surface area contributed by atoms with Crippen molar-refractivity contribution in [3.8, 4) is 0 Å². The minimum absolute atomic E-state index is 0.00276. The third-order valence-electron chi connectivity index (χ3n) is 2.56. The first kappa shape index (κ1) is 23.7. The molecule has 0 aliphatic rings. The number of aliphatic imine (C=N–C) groups is 2. The summed E-state index contributed by atoms with van der Waals surface area (Å²) >= 11 is 0. The lowest BCUT2D eigenvalue weighted by Crippen LogP contribution is -2.41. The molecule has 2 unspecified atom stereocenters. The summed E-state index contributed by atoms with van der Waals surface area (Å²) in [4.78, 5) is 27.7. The molecule has 13 N–H and O–H groups in total. The Morgan fingerprint density at radius 3 is 1.54 bits per heavy atom. The molecule has 0 bridgehead atoms. The molecule has 0 aromatic heterocycles. The van der Waals surface area contributed by atoms with Crippen molar-refractivity contribution < 1.29 is 19.8 Å². The second kappa shape index (κ2) is 14.0. The Kier molecular flexibility index (Phi) is 13.8. The third-order valence-corrected chi connectivity index (χ3v) is 2.56. The van der Waals surface area contributed by atoms with Gasteiger partial charge in [0.15, 0.2) is 11.9 Å². The molecule has 0 aromatic rings. The van der Waals surface area contributed by atoms with Crippen molar-refractivity contribution in [1.82, 2.24) is 0 Å². The molecular weight excluding hydrogens is 320 g/mol. The fourth-order valence-corrected chi connectivity index (χ4v) is 1.28. The molecule has 0 aliphatic carbocycles. The lowest BCUT2D eigenvalue weighted by Gasteiger charge is -2.10. The van der Waals surface area contributed by atoms with Gasteiger partial charge >= 0.3 is 5.97 Å². The van der Waals surface area contributed by atoms with Crippen LogP contribution in [-0.2, 0) is 9.59 Å². The Morgan fingerprint density at radius 1 is 0.875 bits per heavy atom. The van der Waals surface area contributed by atoms with E-state index in [0.717, 1.165) is 0 Å². The van der Waals surface area contributed by atoms with E-state index in [0.29, 0.717) is 38.8 Å². The van der Waals surface area contributed by atoms with Crippen LogP contribution in [0, 0.1) is 0 Å². The van der Waals surface area contributed by atoms with E-state index in [1.807, 2.05) is 0 Å². The molecule has 0 saturated heterocycles. The smallest absolute Gasteiger partial charge is 0.320 e. The molecule has 0 fully saturated rings. The number of nitrogens with zero attached hydrogens (tertiary/aromatic N) is 2. The normalized spacial score (nSPS) is 12.1. The summed E-state index contributed by atoms with van der Waals surface area (Å²) in [5.74, 6) is -2.24. The average molecular weight is 347 g/mol. The largest absolute Gasteiger partial charge is 0.548 e. The number of carboxylic acids is 2. The number of carbonyl (C=O) groups excluding carboxylic acids is 1. The van der Waals surface area contributed by atoms with Crippen molar-refractivity contribution in [2.24, 2.45) is 44.4 Å². The topological polar surface area (TPSA) is 258 Å². The summed E-state index contributed by atoms with van der Waals surface area (Å²) in [6, 6.07) is -1.75. The average Bonchev–Trinajstić information content (AvgIpc) is 2.47. The SMILES string of the molecule is NC(N)=NCCCC(N)C(=O)O.NC(N)=NCCCC(N)C(=O)[O-]. The number of aliphatic carboxylic acids is 2. The quantitative estimate of drug-likeness (QED) is 0.113. The molecule has 140 valence electrons. The monoisotopic (exact) mass is 347 g/mol. The summed E-state index contributed by atoms with van der Waals surface area (Å²) in [5.41, 5.74) is 30.6. The third kappa shape index (κ3) is 17.5. The van der Waals surface area contributed by atoms with Crippen molar-refractivity contribution >= 4 is 23.9 Å². The highest BCUT2D eigenvalue weighted by Gasteiger charge is 2.09. The molecule has 0 spiro atoms. The van der Waals surface area contributed by atoms with Crippen LogP contribution in [-0.4, -0.2) is 54.1 Å². The van der Waals surface area contributed by atoms with Crippen LogP contribution in [0.5, 0.6) is 0 Å². The number of carboxylic acid groups (broad SMARTS) is 2. The molecule has 0 heterocycles. The maximum Gasteiger partial charge on any atom is 0.320 e. The van der Waals surface area contributed by atoms with E-state index in [2.05, 4.69) is 9.98 Å². The zero-order valence-electron chi connectivity index (χ0n) is 13.4. The van der Waals surface area contributed by atoms with Gasteiger partial charge < -0.3 is 49.4 Å². The summed E-state index contributed by atoms with van der Waals surface area (Å²) in [7, 11) is 0. The second-order valence-electron chi connectivity index (χ2n) is 4.77. The van der Waals surface area contributed by atoms with Gasteiger partial charge in [-0.1, -0.05) is 0 Å². The van der Waals surface area contributed by atoms with Crippen LogP contribution in [0.25, 0.3) is 0 Å². The fourth-order valence-electron chi connectivity index (χ4n) is 1.28. The van der Waals surface area contributed by atoms with Crippen LogP contribution in [0.1, 0.15) is 25.7 Å². The molecule has 0 amide bonds. The van der Waals surface area contributed by atoms with Gasteiger partial charge in [-0.05, 0) is 25.7 Å². The first-order valence-electron chi connectivity index (χ1n) is 7.13. The number of nitrogens with two attached hydrogens (primary N) is 6. The summed E-state index contributed by atoms with van der Waals surface area (Å²) in [6.45, 7) is 0.812. The highest BCUT2D eigenvalue weighted by atomic mass is 16.4. The van der Waals surface area contributed by atoms with Crippen molar-refractivity contribution in [2.75, 3.05) is 13.1 Å². The van der Waals surface area contributed by atoms with Crippen molar-refractivity contribution in [3.05, 3.63) is 0 Å². The first-order chi connectivity index (χ1) is 11.1. The Morgan fingerprint density at radius 2 is 1.25 bits per heavy atom. The van der Waals surface area contributed by atoms with Crippen LogP contribution < -0.4 is 39.5 Å². The van der Waals surface area contributed by atoms with Gasteiger partial charge in [-0.3, -0.25) is 14.8 Å². The Hall–Kier alpha value is -2.60. The lowest BCUT2D eigenvalue weighted by atomic mass is 10.2. The number of guanidine groups is 2. The lowest BCUT2D eigenvalue weighted by molar-refractivity contribution is -0.307. The van der Waals surface area contributed by atoms with E-state index in [1.165, 1.54) is 0 Å². The van der Waals surface area contributed by atoms with E-state index in [-0.39, 0.29) is 11.9 Å². The maximum absolute atomic E-state index is 10.2. The standard InChI is InChI=1S/2C6H14N4O2/c2*7-4(5(11)12)2-1-3-10-6(8)9/h2*4H,1-3,7H2,(H,11,12)(H4,8,9,10)/p-1. The van der Waals surface area contributed by atoms with Gasteiger partial charge in [0.25, 0.3) is 0 Å². The minimum Gasteiger partial charge on any atom is -0.548 e. The van der Waals surface area contributed by atoms with E-state index < -0.39 is 24.0 Å². The van der Waals surface area contributed by atoms with Crippen molar-refractivity contribution in [3.63, 3.8) is 0 Å². The predicted octanol–water partition coefficient (Wildman–Crippen LogP) is -4.43. The van der Waals surface area contributed by atoms with E-state index in [4.69, 9.17) is 39.5 Å². The molecule has 0 aliphatic heterocycles. The molecule has 12 nitrogen and oxygen atoms in total. The van der Waals surface area contributed by atoms with Gasteiger partial charge in [0.1, 0.15) is 6.04 Å². The second-order valence-corrected chi connectivity index (χ2v) is 4.77. The number of hydrogen-bond acceptors (Lipinski definition) is 7. The zero-order valence-corrected chi connectivity index (χ0v) is 13.4. The Bertz CT molecular complexity index is 393. The zero-order chi connectivity index (χ0) is 19.1. The van der Waals surface area contributed by atoms with Crippen molar-refractivity contribution in [1.29, 1.82) is 0 Å². The van der Waals surface area contributed by atoms with Gasteiger partial charge in [-0.2, -0.15) is 0 Å². The van der Waals surface area contributed by atoms with E-state index in [9.17, 15) is 14.7 Å². The minimum atomic E-state index is -1.25. The van der Waals surface area contributed by atoms with Gasteiger partial charge in [0.05, 0.1) is 5.97 Å². The highest BCUT2D eigenvalue weighted by Crippen LogP contribution is 1.94. The van der Waals surface area contributed by atoms with Crippen molar-refractivity contribution in [2.45, 2.75) is 37.8 Å². The summed E-state index contributed by atoms with van der Waals surface area (Å²) < 4.78 is 0. The number of carbonyl (C=O) groups is 2. The molecule has 0 rings (SSSR count). The first-order valence-corrected chi connectivity index (χ1v) is 7.13. The van der Waals surface area contributed by atoms with Crippen LogP contribution in [0.3, 0.4) is 0 Å². The number of hydrogen-bond donors (Lipinski definition) is 7. The summed E-state index contributed by atoms with van der Waals surface area (Å²) in [5, 5.41) is 18.5. The Labute approximate surface area is 140 Å². The molecule has 12 heteroatoms. The van der Waals surface area contributed by atoms with E-state index in [1.54, 1.807) is 0 Å².